The second kappa shape index (κ2) is 9.71. The lowest BCUT2D eigenvalue weighted by Crippen LogP contribution is -2.39. The summed E-state index contributed by atoms with van der Waals surface area (Å²) < 4.78 is 10.8. The maximum atomic E-state index is 11.9. The van der Waals surface area contributed by atoms with Crippen LogP contribution in [0.3, 0.4) is 0 Å². The molecule has 2 aliphatic rings. The number of nitrogens with one attached hydrogen (secondary N) is 2. The van der Waals surface area contributed by atoms with Crippen molar-refractivity contribution in [1.29, 1.82) is 0 Å². The summed E-state index contributed by atoms with van der Waals surface area (Å²) >= 11 is 0. The van der Waals surface area contributed by atoms with Crippen LogP contribution in [-0.4, -0.2) is 52.8 Å². The van der Waals surface area contributed by atoms with E-state index in [1.54, 1.807) is 0 Å². The Hall–Kier alpha value is -2.25. The summed E-state index contributed by atoms with van der Waals surface area (Å²) in [6.45, 7) is 11.2. The van der Waals surface area contributed by atoms with Gasteiger partial charge in [0.25, 0.3) is 0 Å². The molecule has 0 aromatic heterocycles. The molecule has 0 radical (unpaired) electrons. The third-order valence-corrected chi connectivity index (χ3v) is 4.52. The number of amides is 1. The minimum Gasteiger partial charge on any atom is -0.444 e. The van der Waals surface area contributed by atoms with Crippen LogP contribution < -0.4 is 10.6 Å². The Morgan fingerprint density at radius 1 is 1.10 bits per heavy atom. The molecule has 0 heterocycles. The maximum absolute atomic E-state index is 11.9. The zero-order valence-corrected chi connectivity index (χ0v) is 19.2. The predicted octanol–water partition coefficient (Wildman–Crippen LogP) is 3.55. The average Bonchev–Trinajstić information content (AvgIpc) is 2.59. The second-order valence-corrected chi connectivity index (χ2v) is 9.64. The molecule has 2 unspecified atom stereocenters. The molecule has 2 rings (SSSR count). The van der Waals surface area contributed by atoms with Gasteiger partial charge in [0.15, 0.2) is 0 Å². The summed E-state index contributed by atoms with van der Waals surface area (Å²) in [6.07, 6.45) is 12.3. The first-order chi connectivity index (χ1) is 13.8. The summed E-state index contributed by atoms with van der Waals surface area (Å²) in [7, 11) is 2.05. The molecule has 2 aliphatic carbocycles. The quantitative estimate of drug-likeness (QED) is 0.571. The van der Waals surface area contributed by atoms with Gasteiger partial charge in [-0.3, -0.25) is 0 Å². The molecule has 7 nitrogen and oxygen atoms in total. The van der Waals surface area contributed by atoms with Crippen molar-refractivity contribution in [2.45, 2.75) is 84.1 Å². The Morgan fingerprint density at radius 2 is 1.80 bits per heavy atom. The van der Waals surface area contributed by atoms with Gasteiger partial charge in [0.2, 0.25) is 6.41 Å². The van der Waals surface area contributed by atoms with Crippen molar-refractivity contribution in [1.82, 2.24) is 15.5 Å². The molecule has 0 fully saturated rings. The van der Waals surface area contributed by atoms with Crippen LogP contribution in [0.5, 0.6) is 0 Å². The highest BCUT2D eigenvalue weighted by atomic mass is 16.6. The largest absolute Gasteiger partial charge is 0.444 e. The number of carbonyl (C=O) groups is 1. The van der Waals surface area contributed by atoms with Crippen LogP contribution in [-0.2, 0) is 9.47 Å². The Labute approximate surface area is 180 Å². The summed E-state index contributed by atoms with van der Waals surface area (Å²) in [5.41, 5.74) is 1.01. The number of allylic oxidation sites excluding steroid dienone is 2. The van der Waals surface area contributed by atoms with Crippen molar-refractivity contribution >= 4 is 6.09 Å². The Bertz CT molecular complexity index is 726. The van der Waals surface area contributed by atoms with Crippen molar-refractivity contribution in [2.75, 3.05) is 7.05 Å². The van der Waals surface area contributed by atoms with E-state index in [9.17, 15) is 9.90 Å². The molecule has 0 saturated carbocycles. The Balaban J connectivity index is 1.82. The van der Waals surface area contributed by atoms with Crippen LogP contribution in [0.2, 0.25) is 0 Å². The maximum Gasteiger partial charge on any atom is 0.408 e. The number of carbonyl (C=O) groups excluding carboxylic acids is 1. The fraction of sp³-hybridized carbons (Fsp3) is 0.609. The molecule has 0 aromatic rings. The first kappa shape index (κ1) is 24.0. The number of likely N-dealkylation sites (N-methyl/N-ethyl adjacent to an activating group) is 1. The number of ether oxygens (including phenoxy) is 2. The minimum absolute atomic E-state index is 0.0705. The number of hydrogen-bond acceptors (Lipinski definition) is 6. The molecular formula is C23H37N3O4. The van der Waals surface area contributed by atoms with Crippen LogP contribution >= 0.6 is 0 Å². The topological polar surface area (TPSA) is 83.1 Å². The minimum atomic E-state index is -1.05. The number of hydrogen-bond donors (Lipinski definition) is 3. The SMILES string of the molecule is CN(C1=CCC(NC(=O)OC(C)(C)C)C=C1)[C@H]1C=CC(NC(O)OC(C)(C)C)=CC1. The second-order valence-electron chi connectivity index (χ2n) is 9.64. The molecule has 0 aromatic carbocycles. The first-order valence-electron chi connectivity index (χ1n) is 10.4. The zero-order chi connectivity index (χ0) is 22.5. The van der Waals surface area contributed by atoms with E-state index < -0.39 is 23.7 Å². The fourth-order valence-electron chi connectivity index (χ4n) is 3.14. The van der Waals surface area contributed by atoms with Crippen LogP contribution in [0.1, 0.15) is 54.4 Å². The van der Waals surface area contributed by atoms with Crippen molar-refractivity contribution in [3.05, 3.63) is 47.9 Å². The van der Waals surface area contributed by atoms with Crippen molar-refractivity contribution in [3.8, 4) is 0 Å². The smallest absolute Gasteiger partial charge is 0.408 e. The predicted molar refractivity (Wildman–Crippen MR) is 118 cm³/mol. The van der Waals surface area contributed by atoms with Crippen LogP contribution in [0.25, 0.3) is 0 Å². The lowest BCUT2D eigenvalue weighted by atomic mass is 10.0. The van der Waals surface area contributed by atoms with Crippen molar-refractivity contribution < 1.29 is 19.4 Å². The molecule has 0 bridgehead atoms. The Morgan fingerprint density at radius 3 is 2.30 bits per heavy atom. The molecule has 3 N–H and O–H groups in total. The molecule has 1 amide bonds. The zero-order valence-electron chi connectivity index (χ0n) is 19.2. The van der Waals surface area contributed by atoms with Gasteiger partial charge in [-0.25, -0.2) is 4.79 Å². The molecule has 3 atom stereocenters. The highest BCUT2D eigenvalue weighted by Crippen LogP contribution is 2.22. The van der Waals surface area contributed by atoms with E-state index in [4.69, 9.17) is 9.47 Å². The Kier molecular flexibility index (Phi) is 7.77. The number of aliphatic hydroxyl groups is 1. The van der Waals surface area contributed by atoms with E-state index in [-0.39, 0.29) is 12.1 Å². The van der Waals surface area contributed by atoms with E-state index in [0.29, 0.717) is 6.42 Å². The van der Waals surface area contributed by atoms with E-state index >= 15 is 0 Å². The van der Waals surface area contributed by atoms with Gasteiger partial charge >= 0.3 is 6.09 Å². The van der Waals surface area contributed by atoms with Gasteiger partial charge in [0.1, 0.15) is 5.60 Å². The standard InChI is InChI=1S/C23H37N3O4/c1-22(2,3)29-20(27)24-16-8-12-18(13-9-16)26(7)19-14-10-17(11-15-19)25-21(28)30-23(4,5)6/h8-10,12,14-15,17-18,20,24,27H,11,13H2,1-7H3,(H,25,28)/t17?,18-,20?/m0/s1. The van der Waals surface area contributed by atoms with E-state index in [1.165, 1.54) is 0 Å². The highest BCUT2D eigenvalue weighted by molar-refractivity contribution is 5.68. The summed E-state index contributed by atoms with van der Waals surface area (Å²) in [4.78, 5) is 14.1. The monoisotopic (exact) mass is 419 g/mol. The van der Waals surface area contributed by atoms with E-state index in [2.05, 4.69) is 40.8 Å². The molecule has 0 aliphatic heterocycles. The fourth-order valence-corrected chi connectivity index (χ4v) is 3.14. The van der Waals surface area contributed by atoms with Gasteiger partial charge < -0.3 is 30.1 Å². The van der Waals surface area contributed by atoms with E-state index in [0.717, 1.165) is 17.8 Å². The highest BCUT2D eigenvalue weighted by Gasteiger charge is 2.22. The van der Waals surface area contributed by atoms with Gasteiger partial charge in [-0.1, -0.05) is 24.3 Å². The molecule has 30 heavy (non-hydrogen) atoms. The van der Waals surface area contributed by atoms with Gasteiger partial charge in [-0.2, -0.15) is 0 Å². The van der Waals surface area contributed by atoms with Crippen molar-refractivity contribution in [3.63, 3.8) is 0 Å². The lowest BCUT2D eigenvalue weighted by molar-refractivity contribution is -0.176. The van der Waals surface area contributed by atoms with Crippen molar-refractivity contribution in [2.24, 2.45) is 0 Å². The molecule has 0 spiro atoms. The van der Waals surface area contributed by atoms with Gasteiger partial charge in [-0.05, 0) is 66.5 Å². The summed E-state index contributed by atoms with van der Waals surface area (Å²) in [5.74, 6) is 0. The number of nitrogens with zero attached hydrogens (tertiary/aromatic N) is 1. The average molecular weight is 420 g/mol. The molecule has 168 valence electrons. The first-order valence-corrected chi connectivity index (χ1v) is 10.4. The van der Waals surface area contributed by atoms with Gasteiger partial charge in [-0.15, -0.1) is 0 Å². The van der Waals surface area contributed by atoms with Crippen LogP contribution in [0.15, 0.2) is 47.9 Å². The summed E-state index contributed by atoms with van der Waals surface area (Å²) in [6, 6.07) is 0.140. The third-order valence-electron chi connectivity index (χ3n) is 4.52. The van der Waals surface area contributed by atoms with Crippen LogP contribution in [0, 0.1) is 0 Å². The summed E-state index contributed by atoms with van der Waals surface area (Å²) in [5, 5.41) is 15.8. The van der Waals surface area contributed by atoms with E-state index in [1.807, 2.05) is 59.8 Å². The van der Waals surface area contributed by atoms with Gasteiger partial charge in [0.05, 0.1) is 17.7 Å². The number of alkyl carbamates (subject to hydrolysis) is 1. The molecule has 0 saturated heterocycles. The number of aliphatic hydroxyl groups excluding tert-OH is 1. The molecular weight excluding hydrogens is 382 g/mol. The van der Waals surface area contributed by atoms with Crippen LogP contribution in [0.4, 0.5) is 4.79 Å². The lowest BCUT2D eigenvalue weighted by Gasteiger charge is -2.32. The molecule has 7 heteroatoms. The number of rotatable bonds is 6. The third kappa shape index (κ3) is 8.24. The van der Waals surface area contributed by atoms with Gasteiger partial charge in [0, 0.05) is 18.4 Å². The normalized spacial score (nSPS) is 22.7.